The van der Waals surface area contributed by atoms with Gasteiger partial charge in [-0.1, -0.05) is 48.9 Å². The Hall–Kier alpha value is -1.38. The molecule has 0 amide bonds. The molecule has 2 aromatic carbocycles. The minimum atomic E-state index is -0.130. The summed E-state index contributed by atoms with van der Waals surface area (Å²) < 4.78 is 14.1. The van der Waals surface area contributed by atoms with Gasteiger partial charge >= 0.3 is 0 Å². The Labute approximate surface area is 131 Å². The highest BCUT2D eigenvalue weighted by Crippen LogP contribution is 2.23. The lowest BCUT2D eigenvalue weighted by Gasteiger charge is -2.19. The third-order valence-electron chi connectivity index (χ3n) is 3.56. The first-order valence-corrected chi connectivity index (χ1v) is 7.78. The average Bonchev–Trinajstić information content (AvgIpc) is 2.49. The van der Waals surface area contributed by atoms with E-state index in [9.17, 15) is 4.39 Å². The Bertz CT molecular complexity index is 553. The molecule has 0 fully saturated rings. The molecular weight excluding hydrogens is 285 g/mol. The average molecular weight is 306 g/mol. The van der Waals surface area contributed by atoms with Gasteiger partial charge in [0.1, 0.15) is 5.82 Å². The summed E-state index contributed by atoms with van der Waals surface area (Å²) in [5, 5.41) is 4.13. The summed E-state index contributed by atoms with van der Waals surface area (Å²) in [6.45, 7) is 3.85. The molecule has 0 aliphatic heterocycles. The van der Waals surface area contributed by atoms with E-state index in [2.05, 4.69) is 12.2 Å². The Morgan fingerprint density at radius 3 is 2.48 bits per heavy atom. The maximum absolute atomic E-state index is 14.1. The van der Waals surface area contributed by atoms with Crippen molar-refractivity contribution in [1.82, 2.24) is 5.32 Å². The molecule has 0 spiro atoms. The second-order valence-electron chi connectivity index (χ2n) is 5.25. The lowest BCUT2D eigenvalue weighted by molar-refractivity contribution is 0.536. The van der Waals surface area contributed by atoms with Gasteiger partial charge in [0.2, 0.25) is 0 Å². The highest BCUT2D eigenvalue weighted by molar-refractivity contribution is 6.30. The van der Waals surface area contributed by atoms with Crippen molar-refractivity contribution in [2.45, 2.75) is 25.7 Å². The molecule has 1 unspecified atom stereocenters. The highest BCUT2D eigenvalue weighted by Gasteiger charge is 2.15. The zero-order valence-electron chi connectivity index (χ0n) is 12.3. The smallest absolute Gasteiger partial charge is 0.126 e. The summed E-state index contributed by atoms with van der Waals surface area (Å²) in [7, 11) is 0. The summed E-state index contributed by atoms with van der Waals surface area (Å²) in [5.41, 5.74) is 1.95. The van der Waals surface area contributed by atoms with Gasteiger partial charge in [-0.05, 0) is 48.7 Å². The van der Waals surface area contributed by atoms with Gasteiger partial charge in [-0.25, -0.2) is 4.39 Å². The monoisotopic (exact) mass is 305 g/mol. The fourth-order valence-electron chi connectivity index (χ4n) is 2.46. The molecular formula is C18H21ClFN. The number of nitrogens with one attached hydrogen (secondary N) is 1. The van der Waals surface area contributed by atoms with Crippen molar-refractivity contribution >= 4 is 11.6 Å². The molecule has 1 nitrogen and oxygen atoms in total. The van der Waals surface area contributed by atoms with Crippen LogP contribution < -0.4 is 5.32 Å². The van der Waals surface area contributed by atoms with Crippen LogP contribution in [0.2, 0.25) is 5.02 Å². The molecule has 2 aromatic rings. The largest absolute Gasteiger partial charge is 0.316 e. The lowest BCUT2D eigenvalue weighted by atomic mass is 9.91. The van der Waals surface area contributed by atoms with Crippen molar-refractivity contribution in [3.8, 4) is 0 Å². The highest BCUT2D eigenvalue weighted by atomic mass is 35.5. The van der Waals surface area contributed by atoms with E-state index in [4.69, 9.17) is 11.6 Å². The van der Waals surface area contributed by atoms with E-state index in [1.165, 1.54) is 11.6 Å². The number of rotatable bonds is 7. The molecule has 112 valence electrons. The topological polar surface area (TPSA) is 12.0 Å². The van der Waals surface area contributed by atoms with Gasteiger partial charge in [0.25, 0.3) is 0 Å². The molecule has 21 heavy (non-hydrogen) atoms. The lowest BCUT2D eigenvalue weighted by Crippen LogP contribution is -2.24. The van der Waals surface area contributed by atoms with Gasteiger partial charge in [0.05, 0.1) is 0 Å². The van der Waals surface area contributed by atoms with Gasteiger partial charge in [-0.2, -0.15) is 0 Å². The number of hydrogen-bond acceptors (Lipinski definition) is 1. The fraction of sp³-hybridized carbons (Fsp3) is 0.333. The van der Waals surface area contributed by atoms with Crippen LogP contribution in [-0.2, 0) is 6.42 Å². The molecule has 0 aliphatic rings. The van der Waals surface area contributed by atoms with Crippen molar-refractivity contribution in [2.24, 2.45) is 0 Å². The van der Waals surface area contributed by atoms with Crippen LogP contribution >= 0.6 is 11.6 Å². The first-order valence-electron chi connectivity index (χ1n) is 7.40. The van der Waals surface area contributed by atoms with Crippen LogP contribution in [0, 0.1) is 5.82 Å². The SMILES string of the molecule is CCCNCC(Cc1ccc(Cl)cc1)c1ccccc1F. The van der Waals surface area contributed by atoms with Crippen molar-refractivity contribution < 1.29 is 4.39 Å². The van der Waals surface area contributed by atoms with Crippen LogP contribution in [0.5, 0.6) is 0 Å². The first kappa shape index (κ1) is 16.0. The molecule has 0 aliphatic carbocycles. The summed E-state index contributed by atoms with van der Waals surface area (Å²) in [6.07, 6.45) is 1.87. The molecule has 0 saturated carbocycles. The van der Waals surface area contributed by atoms with E-state index in [0.717, 1.165) is 36.5 Å². The van der Waals surface area contributed by atoms with Crippen molar-refractivity contribution in [3.05, 3.63) is 70.5 Å². The zero-order valence-corrected chi connectivity index (χ0v) is 13.0. The molecule has 0 radical (unpaired) electrons. The van der Waals surface area contributed by atoms with E-state index < -0.39 is 0 Å². The predicted octanol–water partition coefficient (Wildman–Crippen LogP) is 4.81. The quantitative estimate of drug-likeness (QED) is 0.724. The van der Waals surface area contributed by atoms with E-state index in [0.29, 0.717) is 0 Å². The number of halogens is 2. The van der Waals surface area contributed by atoms with Gasteiger partial charge in [0, 0.05) is 17.5 Å². The van der Waals surface area contributed by atoms with Crippen LogP contribution in [0.3, 0.4) is 0 Å². The molecule has 0 aromatic heterocycles. The Balaban J connectivity index is 2.15. The maximum atomic E-state index is 14.1. The van der Waals surface area contributed by atoms with E-state index in [-0.39, 0.29) is 11.7 Å². The van der Waals surface area contributed by atoms with Crippen LogP contribution in [0.25, 0.3) is 0 Å². The number of hydrogen-bond donors (Lipinski definition) is 1. The van der Waals surface area contributed by atoms with E-state index in [1.807, 2.05) is 36.4 Å². The van der Waals surface area contributed by atoms with Crippen molar-refractivity contribution in [3.63, 3.8) is 0 Å². The van der Waals surface area contributed by atoms with E-state index >= 15 is 0 Å². The standard InChI is InChI=1S/C18H21ClFN/c1-2-11-21-13-15(17-5-3-4-6-18(17)20)12-14-7-9-16(19)10-8-14/h3-10,15,21H,2,11-13H2,1H3. The third-order valence-corrected chi connectivity index (χ3v) is 3.81. The van der Waals surface area contributed by atoms with Gasteiger partial charge in [-0.15, -0.1) is 0 Å². The van der Waals surface area contributed by atoms with Gasteiger partial charge in [-0.3, -0.25) is 0 Å². The van der Waals surface area contributed by atoms with Crippen LogP contribution in [0.1, 0.15) is 30.4 Å². The first-order chi connectivity index (χ1) is 10.2. The summed E-state index contributed by atoms with van der Waals surface area (Å²) in [5.74, 6) is -0.00584. The Kier molecular flexibility index (Phi) is 6.21. The zero-order chi connectivity index (χ0) is 15.1. The summed E-state index contributed by atoms with van der Waals surface area (Å²) >= 11 is 5.92. The molecule has 1 N–H and O–H groups in total. The summed E-state index contributed by atoms with van der Waals surface area (Å²) in [6, 6.07) is 14.8. The predicted molar refractivity (Wildman–Crippen MR) is 87.5 cm³/mol. The minimum absolute atomic E-state index is 0.124. The number of benzene rings is 2. The Morgan fingerprint density at radius 2 is 1.81 bits per heavy atom. The second-order valence-corrected chi connectivity index (χ2v) is 5.69. The second kappa shape index (κ2) is 8.16. The van der Waals surface area contributed by atoms with Crippen LogP contribution in [0.15, 0.2) is 48.5 Å². The van der Waals surface area contributed by atoms with Gasteiger partial charge < -0.3 is 5.32 Å². The maximum Gasteiger partial charge on any atom is 0.126 e. The molecule has 1 atom stereocenters. The van der Waals surface area contributed by atoms with Gasteiger partial charge in [0.15, 0.2) is 0 Å². The summed E-state index contributed by atoms with van der Waals surface area (Å²) in [4.78, 5) is 0. The third kappa shape index (κ3) is 4.83. The molecule has 0 saturated heterocycles. The normalized spacial score (nSPS) is 12.3. The Morgan fingerprint density at radius 1 is 1.10 bits per heavy atom. The molecule has 0 bridgehead atoms. The van der Waals surface area contributed by atoms with Crippen LogP contribution in [-0.4, -0.2) is 13.1 Å². The van der Waals surface area contributed by atoms with Crippen LogP contribution in [0.4, 0.5) is 4.39 Å². The van der Waals surface area contributed by atoms with Crippen molar-refractivity contribution in [1.29, 1.82) is 0 Å². The fourth-order valence-corrected chi connectivity index (χ4v) is 2.58. The van der Waals surface area contributed by atoms with Crippen molar-refractivity contribution in [2.75, 3.05) is 13.1 Å². The minimum Gasteiger partial charge on any atom is -0.316 e. The molecule has 0 heterocycles. The van der Waals surface area contributed by atoms with E-state index in [1.54, 1.807) is 6.07 Å². The molecule has 2 rings (SSSR count). The molecule has 3 heteroatoms.